The molecule has 1 heterocycles. The number of nitrogens with one attached hydrogen (secondary N) is 2. The minimum Gasteiger partial charge on any atom is -0.363 e. The average molecular weight is 280 g/mol. The molecule has 0 saturated heterocycles. The number of hydrogen-bond acceptors (Lipinski definition) is 4. The van der Waals surface area contributed by atoms with E-state index in [0.717, 1.165) is 24.2 Å². The number of hydrogen-bond donors (Lipinski definition) is 2. The van der Waals surface area contributed by atoms with Gasteiger partial charge in [0.05, 0.1) is 11.6 Å². The van der Waals surface area contributed by atoms with Crippen LogP contribution in [0.25, 0.3) is 0 Å². The maximum Gasteiger partial charge on any atom is 0.252 e. The Kier molecular flexibility index (Phi) is 3.44. The van der Waals surface area contributed by atoms with Crippen LogP contribution in [0.3, 0.4) is 0 Å². The molecule has 1 aliphatic rings. The van der Waals surface area contributed by atoms with Crippen molar-refractivity contribution in [1.29, 1.82) is 5.26 Å². The highest BCUT2D eigenvalue weighted by molar-refractivity contribution is 5.40. The van der Waals surface area contributed by atoms with E-state index in [1.54, 1.807) is 12.1 Å². The van der Waals surface area contributed by atoms with E-state index in [0.29, 0.717) is 17.3 Å². The predicted molar refractivity (Wildman–Crippen MR) is 80.0 cm³/mol. The van der Waals surface area contributed by atoms with Crippen LogP contribution >= 0.6 is 0 Å². The van der Waals surface area contributed by atoms with Crippen LogP contribution < -0.4 is 10.9 Å². The minimum atomic E-state index is -0.124. The zero-order valence-corrected chi connectivity index (χ0v) is 11.8. The first kappa shape index (κ1) is 13.4. The Bertz CT molecular complexity index is 738. The molecule has 0 bridgehead atoms. The highest BCUT2D eigenvalue weighted by atomic mass is 16.1. The standard InChI is InChI=1S/C16H16N4O/c1-10(12-4-2-11(9-17)3-5-12)18-14-8-15(21)20-16(19-14)13-6-7-13/h2-5,8,10,13H,6-7H2,1H3,(H2,18,19,20,21). The van der Waals surface area contributed by atoms with Gasteiger partial charge in [-0.15, -0.1) is 0 Å². The van der Waals surface area contributed by atoms with E-state index in [4.69, 9.17) is 5.26 Å². The van der Waals surface area contributed by atoms with Gasteiger partial charge in [0.25, 0.3) is 5.56 Å². The molecule has 0 amide bonds. The molecule has 1 saturated carbocycles. The van der Waals surface area contributed by atoms with Crippen molar-refractivity contribution < 1.29 is 0 Å². The summed E-state index contributed by atoms with van der Waals surface area (Å²) in [6.07, 6.45) is 2.19. The molecule has 5 nitrogen and oxygen atoms in total. The molecule has 1 aliphatic carbocycles. The number of H-pyrrole nitrogens is 1. The van der Waals surface area contributed by atoms with E-state index < -0.39 is 0 Å². The second kappa shape index (κ2) is 5.41. The van der Waals surface area contributed by atoms with Gasteiger partial charge in [-0.1, -0.05) is 12.1 Å². The summed E-state index contributed by atoms with van der Waals surface area (Å²) < 4.78 is 0. The van der Waals surface area contributed by atoms with Crippen molar-refractivity contribution in [3.63, 3.8) is 0 Å². The SMILES string of the molecule is CC(Nc1cc(=O)[nH]c(C2CC2)n1)c1ccc(C#N)cc1. The van der Waals surface area contributed by atoms with Gasteiger partial charge in [-0.2, -0.15) is 5.26 Å². The number of nitriles is 1. The number of aromatic nitrogens is 2. The first-order valence-electron chi connectivity index (χ1n) is 7.03. The number of anilines is 1. The fourth-order valence-corrected chi connectivity index (χ4v) is 2.25. The van der Waals surface area contributed by atoms with Crippen molar-refractivity contribution in [2.75, 3.05) is 5.32 Å². The molecule has 0 radical (unpaired) electrons. The van der Waals surface area contributed by atoms with Gasteiger partial charge in [-0.05, 0) is 37.5 Å². The van der Waals surface area contributed by atoms with Gasteiger partial charge in [0, 0.05) is 18.0 Å². The van der Waals surface area contributed by atoms with Crippen molar-refractivity contribution in [2.24, 2.45) is 0 Å². The smallest absolute Gasteiger partial charge is 0.252 e. The van der Waals surface area contributed by atoms with E-state index in [-0.39, 0.29) is 11.6 Å². The summed E-state index contributed by atoms with van der Waals surface area (Å²) in [6, 6.07) is 11.0. The van der Waals surface area contributed by atoms with Crippen LogP contribution in [0.2, 0.25) is 0 Å². The molecule has 1 aromatic heterocycles. The lowest BCUT2D eigenvalue weighted by Crippen LogP contribution is -2.15. The van der Waals surface area contributed by atoms with Crippen LogP contribution in [-0.4, -0.2) is 9.97 Å². The van der Waals surface area contributed by atoms with Crippen molar-refractivity contribution in [3.8, 4) is 6.07 Å². The number of aromatic amines is 1. The fraction of sp³-hybridized carbons (Fsp3) is 0.312. The van der Waals surface area contributed by atoms with Crippen LogP contribution in [0.5, 0.6) is 0 Å². The van der Waals surface area contributed by atoms with Gasteiger partial charge in [0.2, 0.25) is 0 Å². The summed E-state index contributed by atoms with van der Waals surface area (Å²) in [4.78, 5) is 18.9. The van der Waals surface area contributed by atoms with Crippen LogP contribution in [0, 0.1) is 11.3 Å². The Balaban J connectivity index is 1.78. The van der Waals surface area contributed by atoms with Gasteiger partial charge in [-0.25, -0.2) is 4.98 Å². The molecule has 1 fully saturated rings. The zero-order valence-electron chi connectivity index (χ0n) is 11.8. The minimum absolute atomic E-state index is 0.0131. The summed E-state index contributed by atoms with van der Waals surface area (Å²) in [6.45, 7) is 2.00. The summed E-state index contributed by atoms with van der Waals surface area (Å²) in [5.74, 6) is 1.78. The molecule has 106 valence electrons. The summed E-state index contributed by atoms with van der Waals surface area (Å²) in [5.41, 5.74) is 1.56. The van der Waals surface area contributed by atoms with Crippen molar-refractivity contribution in [1.82, 2.24) is 9.97 Å². The third kappa shape index (κ3) is 3.11. The highest BCUT2D eigenvalue weighted by Gasteiger charge is 2.26. The number of nitrogens with zero attached hydrogens (tertiary/aromatic N) is 2. The van der Waals surface area contributed by atoms with Gasteiger partial charge >= 0.3 is 0 Å². The maximum absolute atomic E-state index is 11.7. The Morgan fingerprint density at radius 1 is 1.38 bits per heavy atom. The van der Waals surface area contributed by atoms with Crippen molar-refractivity contribution in [3.05, 3.63) is 57.6 Å². The van der Waals surface area contributed by atoms with Crippen LogP contribution in [0.4, 0.5) is 5.82 Å². The summed E-state index contributed by atoms with van der Waals surface area (Å²) in [7, 11) is 0. The monoisotopic (exact) mass is 280 g/mol. The molecular formula is C16H16N4O. The highest BCUT2D eigenvalue weighted by Crippen LogP contribution is 2.37. The van der Waals surface area contributed by atoms with Crippen molar-refractivity contribution >= 4 is 5.82 Å². The first-order valence-corrected chi connectivity index (χ1v) is 7.03. The van der Waals surface area contributed by atoms with E-state index in [1.165, 1.54) is 6.07 Å². The molecule has 21 heavy (non-hydrogen) atoms. The molecule has 0 aliphatic heterocycles. The Labute approximate surface area is 122 Å². The van der Waals surface area contributed by atoms with Gasteiger partial charge < -0.3 is 10.3 Å². The first-order chi connectivity index (χ1) is 10.2. The van der Waals surface area contributed by atoms with Crippen LogP contribution in [-0.2, 0) is 0 Å². The molecule has 5 heteroatoms. The average Bonchev–Trinajstić information content (AvgIpc) is 3.31. The van der Waals surface area contributed by atoms with Crippen molar-refractivity contribution in [2.45, 2.75) is 31.7 Å². The molecular weight excluding hydrogens is 264 g/mol. The molecule has 0 spiro atoms. The topological polar surface area (TPSA) is 81.6 Å². The maximum atomic E-state index is 11.7. The predicted octanol–water partition coefficient (Wildman–Crippen LogP) is 2.69. The molecule has 3 rings (SSSR count). The third-order valence-corrected chi connectivity index (χ3v) is 3.63. The second-order valence-electron chi connectivity index (χ2n) is 5.39. The summed E-state index contributed by atoms with van der Waals surface area (Å²) in [5, 5.41) is 12.1. The lowest BCUT2D eigenvalue weighted by Gasteiger charge is -2.15. The molecule has 2 aromatic rings. The Hall–Kier alpha value is -2.61. The van der Waals surface area contributed by atoms with E-state index in [1.807, 2.05) is 19.1 Å². The lowest BCUT2D eigenvalue weighted by atomic mass is 10.1. The normalized spacial score (nSPS) is 15.2. The second-order valence-corrected chi connectivity index (χ2v) is 5.39. The van der Waals surface area contributed by atoms with E-state index in [9.17, 15) is 4.79 Å². The van der Waals surface area contributed by atoms with Gasteiger partial charge in [0.15, 0.2) is 0 Å². The largest absolute Gasteiger partial charge is 0.363 e. The lowest BCUT2D eigenvalue weighted by molar-refractivity contribution is 0.848. The number of rotatable bonds is 4. The van der Waals surface area contributed by atoms with Crippen LogP contribution in [0.1, 0.15) is 48.7 Å². The Morgan fingerprint density at radius 3 is 2.71 bits per heavy atom. The zero-order chi connectivity index (χ0) is 14.8. The quantitative estimate of drug-likeness (QED) is 0.902. The molecule has 1 unspecified atom stereocenters. The van der Waals surface area contributed by atoms with E-state index >= 15 is 0 Å². The van der Waals surface area contributed by atoms with Crippen LogP contribution in [0.15, 0.2) is 35.1 Å². The number of benzene rings is 1. The van der Waals surface area contributed by atoms with Gasteiger partial charge in [-0.3, -0.25) is 4.79 Å². The fourth-order valence-electron chi connectivity index (χ4n) is 2.25. The summed E-state index contributed by atoms with van der Waals surface area (Å²) >= 11 is 0. The van der Waals surface area contributed by atoms with Gasteiger partial charge in [0.1, 0.15) is 11.6 Å². The Morgan fingerprint density at radius 2 is 2.10 bits per heavy atom. The molecule has 1 atom stereocenters. The molecule has 2 N–H and O–H groups in total. The van der Waals surface area contributed by atoms with E-state index in [2.05, 4.69) is 21.4 Å². The third-order valence-electron chi connectivity index (χ3n) is 3.63. The molecule has 1 aromatic carbocycles.